The summed E-state index contributed by atoms with van der Waals surface area (Å²) in [5, 5.41) is 9.68. The summed E-state index contributed by atoms with van der Waals surface area (Å²) in [6, 6.07) is 11.8. The summed E-state index contributed by atoms with van der Waals surface area (Å²) in [4.78, 5) is 24.0. The number of carbonyl (C=O) groups excluding carboxylic acids is 2. The van der Waals surface area contributed by atoms with Crippen molar-refractivity contribution in [3.63, 3.8) is 0 Å². The Morgan fingerprint density at radius 1 is 1.21 bits per heavy atom. The third-order valence-electron chi connectivity index (χ3n) is 5.50. The molecule has 2 aliphatic heterocycles. The Morgan fingerprint density at radius 3 is 2.93 bits per heavy atom. The summed E-state index contributed by atoms with van der Waals surface area (Å²) in [6.45, 7) is 2.52. The van der Waals surface area contributed by atoms with E-state index in [2.05, 4.69) is 20.5 Å². The number of unbranched alkanes of at least 4 members (excludes halogenated alkanes) is 1. The third kappa shape index (κ3) is 4.86. The molecule has 1 aromatic heterocycles. The van der Waals surface area contributed by atoms with Gasteiger partial charge < -0.3 is 14.6 Å². The molecule has 7 heteroatoms. The lowest BCUT2D eigenvalue weighted by Crippen LogP contribution is -2.56. The van der Waals surface area contributed by atoms with Gasteiger partial charge >= 0.3 is 0 Å². The van der Waals surface area contributed by atoms with Crippen LogP contribution >= 0.6 is 0 Å². The van der Waals surface area contributed by atoms with Gasteiger partial charge in [0.2, 0.25) is 5.91 Å². The Hall–Kier alpha value is -2.64. The number of carbonyl (C=O) groups is 2. The van der Waals surface area contributed by atoms with E-state index < -0.39 is 0 Å². The molecule has 0 bridgehead atoms. The first-order valence-corrected chi connectivity index (χ1v) is 10.3. The molecule has 3 N–H and O–H groups in total. The summed E-state index contributed by atoms with van der Waals surface area (Å²) in [5.74, 6) is 1.15. The number of amides is 1. The number of ether oxygens (including phenoxy) is 1. The molecule has 4 rings (SSSR count). The Kier molecular flexibility index (Phi) is 6.27. The lowest BCUT2D eigenvalue weighted by atomic mass is 10.0. The number of nitrogens with one attached hydrogen (secondary N) is 3. The van der Waals surface area contributed by atoms with Crippen LogP contribution < -0.4 is 20.7 Å². The number of rotatable bonds is 8. The van der Waals surface area contributed by atoms with Crippen LogP contribution in [0.3, 0.4) is 0 Å². The van der Waals surface area contributed by atoms with Gasteiger partial charge in [-0.25, -0.2) is 0 Å². The van der Waals surface area contributed by atoms with E-state index in [0.29, 0.717) is 39.1 Å². The van der Waals surface area contributed by atoms with Crippen molar-refractivity contribution >= 4 is 11.7 Å². The van der Waals surface area contributed by atoms with E-state index in [-0.39, 0.29) is 23.9 Å². The van der Waals surface area contributed by atoms with Crippen molar-refractivity contribution < 1.29 is 14.3 Å². The minimum atomic E-state index is -0.161. The monoisotopic (exact) mass is 396 g/mol. The highest BCUT2D eigenvalue weighted by Crippen LogP contribution is 2.27. The van der Waals surface area contributed by atoms with Crippen LogP contribution in [-0.2, 0) is 22.7 Å². The molecule has 1 amide bonds. The van der Waals surface area contributed by atoms with Crippen LogP contribution in [0.15, 0.2) is 42.6 Å². The van der Waals surface area contributed by atoms with E-state index in [1.165, 1.54) is 0 Å². The largest absolute Gasteiger partial charge is 0.492 e. The highest BCUT2D eigenvalue weighted by atomic mass is 16.5. The lowest BCUT2D eigenvalue weighted by molar-refractivity contribution is -0.124. The normalized spacial score (nSPS) is 20.6. The molecule has 2 aromatic rings. The molecule has 7 nitrogen and oxygen atoms in total. The van der Waals surface area contributed by atoms with Crippen molar-refractivity contribution in [3.05, 3.63) is 53.9 Å². The van der Waals surface area contributed by atoms with Crippen molar-refractivity contribution in [1.29, 1.82) is 0 Å². The fourth-order valence-electron chi connectivity index (χ4n) is 3.93. The Morgan fingerprint density at radius 2 is 2.07 bits per heavy atom. The molecule has 3 heterocycles. The Labute approximate surface area is 170 Å². The van der Waals surface area contributed by atoms with Crippen LogP contribution in [-0.4, -0.2) is 35.5 Å². The number of aromatic nitrogens is 1. The second-order valence-corrected chi connectivity index (χ2v) is 7.62. The van der Waals surface area contributed by atoms with Gasteiger partial charge in [-0.1, -0.05) is 30.3 Å². The fourth-order valence-corrected chi connectivity index (χ4v) is 3.93. The van der Waals surface area contributed by atoms with Gasteiger partial charge in [0, 0.05) is 50.4 Å². The van der Waals surface area contributed by atoms with Crippen molar-refractivity contribution in [2.24, 2.45) is 0 Å². The highest BCUT2D eigenvalue weighted by Gasteiger charge is 2.36. The van der Waals surface area contributed by atoms with Crippen LogP contribution in [0.1, 0.15) is 43.1 Å². The maximum Gasteiger partial charge on any atom is 0.220 e. The van der Waals surface area contributed by atoms with E-state index >= 15 is 0 Å². The smallest absolute Gasteiger partial charge is 0.220 e. The number of ketones is 1. The average molecular weight is 396 g/mol. The summed E-state index contributed by atoms with van der Waals surface area (Å²) in [5.41, 5.74) is 2.22. The van der Waals surface area contributed by atoms with Gasteiger partial charge in [-0.15, -0.1) is 0 Å². The minimum absolute atomic E-state index is 0.0364. The van der Waals surface area contributed by atoms with Crippen LogP contribution in [0, 0.1) is 0 Å². The first-order valence-electron chi connectivity index (χ1n) is 10.3. The van der Waals surface area contributed by atoms with Crippen molar-refractivity contribution in [1.82, 2.24) is 20.5 Å². The molecule has 154 valence electrons. The molecular weight excluding hydrogens is 368 g/mol. The quantitative estimate of drug-likeness (QED) is 0.594. The SMILES string of the molecule is O=C(CCCCOc1cc2n(c1)C1NCCC(=O)C1NC2)NCc1ccccc1. The number of piperidine rings is 1. The van der Waals surface area contributed by atoms with Gasteiger partial charge in [0.1, 0.15) is 18.0 Å². The number of hydrogen-bond acceptors (Lipinski definition) is 5. The highest BCUT2D eigenvalue weighted by molar-refractivity contribution is 5.85. The number of Topliss-reactive ketones (excluding diaryl/α,β-unsaturated/α-hetero) is 1. The lowest BCUT2D eigenvalue weighted by Gasteiger charge is -2.37. The van der Waals surface area contributed by atoms with Crippen molar-refractivity contribution in [2.45, 2.75) is 51.0 Å². The summed E-state index contributed by atoms with van der Waals surface area (Å²) >= 11 is 0. The second-order valence-electron chi connectivity index (χ2n) is 7.62. The maximum atomic E-state index is 12.1. The zero-order chi connectivity index (χ0) is 20.1. The first-order chi connectivity index (χ1) is 14.2. The number of nitrogens with zero attached hydrogens (tertiary/aromatic N) is 1. The van der Waals surface area contributed by atoms with Crippen LogP contribution in [0.5, 0.6) is 5.75 Å². The molecule has 29 heavy (non-hydrogen) atoms. The summed E-state index contributed by atoms with van der Waals surface area (Å²) < 4.78 is 8.00. The molecular formula is C22H28N4O3. The van der Waals surface area contributed by atoms with E-state index in [9.17, 15) is 9.59 Å². The third-order valence-corrected chi connectivity index (χ3v) is 5.50. The fraction of sp³-hybridized carbons (Fsp3) is 0.455. The van der Waals surface area contributed by atoms with Crippen LogP contribution in [0.25, 0.3) is 0 Å². The minimum Gasteiger partial charge on any atom is -0.492 e. The van der Waals surface area contributed by atoms with Gasteiger partial charge in [0.25, 0.3) is 0 Å². The van der Waals surface area contributed by atoms with Gasteiger partial charge in [0.15, 0.2) is 5.78 Å². The predicted molar refractivity (Wildman–Crippen MR) is 109 cm³/mol. The maximum absolute atomic E-state index is 12.1. The predicted octanol–water partition coefficient (Wildman–Crippen LogP) is 1.89. The molecule has 1 saturated heterocycles. The van der Waals surface area contributed by atoms with Crippen molar-refractivity contribution in [3.8, 4) is 5.75 Å². The first kappa shape index (κ1) is 19.7. The zero-order valence-electron chi connectivity index (χ0n) is 16.5. The Bertz CT molecular complexity index is 849. The summed E-state index contributed by atoms with van der Waals surface area (Å²) in [7, 11) is 0. The summed E-state index contributed by atoms with van der Waals surface area (Å²) in [6.07, 6.45) is 4.63. The molecule has 0 radical (unpaired) electrons. The number of benzene rings is 1. The number of fused-ring (bicyclic) bond motifs is 3. The van der Waals surface area contributed by atoms with E-state index in [1.807, 2.05) is 42.6 Å². The van der Waals surface area contributed by atoms with Crippen LogP contribution in [0.2, 0.25) is 0 Å². The standard InChI is InChI=1S/C22H28N4O3/c27-19-9-10-23-22-21(19)25-14-17-12-18(15-26(17)22)29-11-5-4-8-20(28)24-13-16-6-2-1-3-7-16/h1-3,6-7,12,15,21-23,25H,4-5,8-11,13-14H2,(H,24,28). The van der Waals surface area contributed by atoms with Gasteiger partial charge in [-0.3, -0.25) is 20.2 Å². The number of hydrogen-bond donors (Lipinski definition) is 3. The zero-order valence-corrected chi connectivity index (χ0v) is 16.5. The Balaban J connectivity index is 1.17. The van der Waals surface area contributed by atoms with E-state index in [1.54, 1.807) is 0 Å². The molecule has 2 atom stereocenters. The van der Waals surface area contributed by atoms with E-state index in [4.69, 9.17) is 4.74 Å². The molecule has 2 aliphatic rings. The molecule has 1 aromatic carbocycles. The molecule has 0 saturated carbocycles. The topological polar surface area (TPSA) is 84.4 Å². The van der Waals surface area contributed by atoms with Crippen LogP contribution in [0.4, 0.5) is 0 Å². The molecule has 1 fully saturated rings. The van der Waals surface area contributed by atoms with E-state index in [0.717, 1.165) is 29.8 Å². The van der Waals surface area contributed by atoms with Gasteiger partial charge in [-0.05, 0) is 18.4 Å². The molecule has 2 unspecified atom stereocenters. The molecule has 0 aliphatic carbocycles. The van der Waals surface area contributed by atoms with Gasteiger partial charge in [0.05, 0.1) is 6.61 Å². The second kappa shape index (κ2) is 9.24. The molecule has 0 spiro atoms. The average Bonchev–Trinajstić information content (AvgIpc) is 3.16. The van der Waals surface area contributed by atoms with Gasteiger partial charge in [-0.2, -0.15) is 0 Å². The van der Waals surface area contributed by atoms with Crippen molar-refractivity contribution in [2.75, 3.05) is 13.2 Å².